The summed E-state index contributed by atoms with van der Waals surface area (Å²) in [6.45, 7) is 0.723. The van der Waals surface area contributed by atoms with E-state index in [2.05, 4.69) is 27.0 Å². The lowest BCUT2D eigenvalue weighted by molar-refractivity contribution is -0.169. The topological polar surface area (TPSA) is 87.3 Å². The van der Waals surface area contributed by atoms with Crippen molar-refractivity contribution >= 4 is 17.4 Å². The van der Waals surface area contributed by atoms with E-state index in [1.54, 1.807) is 24.3 Å². The molecule has 30 heavy (non-hydrogen) atoms. The van der Waals surface area contributed by atoms with Crippen molar-refractivity contribution in [3.8, 4) is 23.2 Å². The van der Waals surface area contributed by atoms with Gasteiger partial charge in [0, 0.05) is 24.6 Å². The van der Waals surface area contributed by atoms with Crippen molar-refractivity contribution in [3.05, 3.63) is 64.8 Å². The van der Waals surface area contributed by atoms with Gasteiger partial charge in [-0.05, 0) is 37.3 Å². The van der Waals surface area contributed by atoms with E-state index in [1.807, 2.05) is 0 Å². The van der Waals surface area contributed by atoms with E-state index in [0.29, 0.717) is 28.5 Å². The van der Waals surface area contributed by atoms with Crippen LogP contribution in [0.3, 0.4) is 0 Å². The zero-order valence-corrected chi connectivity index (χ0v) is 16.8. The molecular weight excluding hydrogens is 406 g/mol. The fraction of sp³-hybridized carbons (Fsp3) is 0.273. The third kappa shape index (κ3) is 4.74. The Labute approximate surface area is 178 Å². The molecule has 1 aliphatic rings. The summed E-state index contributed by atoms with van der Waals surface area (Å²) in [7, 11) is 0. The molecule has 2 aromatic heterocycles. The predicted octanol–water partition coefficient (Wildman–Crippen LogP) is 4.06. The van der Waals surface area contributed by atoms with Gasteiger partial charge in [0.2, 0.25) is 5.78 Å². The minimum absolute atomic E-state index is 0.0653. The van der Waals surface area contributed by atoms with Gasteiger partial charge in [0.05, 0.1) is 17.2 Å². The van der Waals surface area contributed by atoms with Crippen LogP contribution in [0, 0.1) is 11.8 Å². The maximum absolute atomic E-state index is 13.0. The Hall–Kier alpha value is -3.05. The SMILES string of the molecule is O=C(C#Cc1cncnc1)c1c(COC2CCCCO2)noc1-c1ccccc1Cl. The average Bonchev–Trinajstić information content (AvgIpc) is 3.21. The van der Waals surface area contributed by atoms with Crippen molar-refractivity contribution in [2.75, 3.05) is 6.61 Å². The molecule has 3 aromatic rings. The van der Waals surface area contributed by atoms with E-state index in [4.69, 9.17) is 25.6 Å². The third-order valence-electron chi connectivity index (χ3n) is 4.53. The second-order valence-corrected chi connectivity index (χ2v) is 7.03. The van der Waals surface area contributed by atoms with E-state index < -0.39 is 5.78 Å². The molecular formula is C22H18ClN3O4. The van der Waals surface area contributed by atoms with Gasteiger partial charge in [0.1, 0.15) is 17.6 Å². The number of halogens is 1. The van der Waals surface area contributed by atoms with Crippen LogP contribution in [-0.2, 0) is 16.1 Å². The standard InChI is InChI=1S/C22H18ClN3O4/c23-17-6-2-1-5-16(17)22-21(19(27)9-8-15-11-24-14-25-12-15)18(26-30-22)13-29-20-7-3-4-10-28-20/h1-2,5-6,11-12,14,20H,3-4,7,10,13H2. The largest absolute Gasteiger partial charge is 0.355 e. The van der Waals surface area contributed by atoms with Crippen LogP contribution in [0.5, 0.6) is 0 Å². The molecule has 0 bridgehead atoms. The fourth-order valence-electron chi connectivity index (χ4n) is 3.05. The molecule has 0 aliphatic carbocycles. The quantitative estimate of drug-likeness (QED) is 0.451. The number of benzene rings is 1. The molecule has 1 unspecified atom stereocenters. The van der Waals surface area contributed by atoms with Crippen molar-refractivity contribution in [1.29, 1.82) is 0 Å². The van der Waals surface area contributed by atoms with Gasteiger partial charge in [0.25, 0.3) is 0 Å². The summed E-state index contributed by atoms with van der Waals surface area (Å²) in [4.78, 5) is 20.8. The highest BCUT2D eigenvalue weighted by atomic mass is 35.5. The first kappa shape index (κ1) is 20.2. The van der Waals surface area contributed by atoms with Crippen LogP contribution in [0.25, 0.3) is 11.3 Å². The molecule has 0 radical (unpaired) electrons. The normalized spacial score (nSPS) is 16.0. The van der Waals surface area contributed by atoms with Crippen LogP contribution in [0.4, 0.5) is 0 Å². The lowest BCUT2D eigenvalue weighted by Crippen LogP contribution is -2.22. The maximum atomic E-state index is 13.0. The number of nitrogens with zero attached hydrogens (tertiary/aromatic N) is 3. The Morgan fingerprint density at radius 3 is 2.83 bits per heavy atom. The molecule has 152 valence electrons. The van der Waals surface area contributed by atoms with Crippen LogP contribution in [0.15, 0.2) is 47.5 Å². The number of hydrogen-bond donors (Lipinski definition) is 0. The molecule has 1 fully saturated rings. The molecule has 1 atom stereocenters. The Morgan fingerprint density at radius 2 is 2.07 bits per heavy atom. The van der Waals surface area contributed by atoms with E-state index >= 15 is 0 Å². The minimum Gasteiger partial charge on any atom is -0.355 e. The molecule has 0 amide bonds. The minimum atomic E-state index is -0.460. The second kappa shape index (κ2) is 9.63. The highest BCUT2D eigenvalue weighted by Crippen LogP contribution is 2.33. The van der Waals surface area contributed by atoms with Crippen molar-refractivity contribution < 1.29 is 18.8 Å². The van der Waals surface area contributed by atoms with Crippen molar-refractivity contribution in [1.82, 2.24) is 15.1 Å². The smallest absolute Gasteiger partial charge is 0.242 e. The summed E-state index contributed by atoms with van der Waals surface area (Å²) in [6, 6.07) is 7.07. The van der Waals surface area contributed by atoms with Gasteiger partial charge in [-0.3, -0.25) is 4.79 Å². The molecule has 4 rings (SSSR count). The van der Waals surface area contributed by atoms with Gasteiger partial charge in [-0.15, -0.1) is 0 Å². The molecule has 1 aliphatic heterocycles. The molecule has 0 spiro atoms. The maximum Gasteiger partial charge on any atom is 0.242 e. The summed E-state index contributed by atoms with van der Waals surface area (Å²) in [5.41, 5.74) is 1.65. The van der Waals surface area contributed by atoms with E-state index in [9.17, 15) is 4.79 Å². The molecule has 8 heteroatoms. The summed E-state index contributed by atoms with van der Waals surface area (Å²) < 4.78 is 16.9. The predicted molar refractivity (Wildman–Crippen MR) is 109 cm³/mol. The fourth-order valence-corrected chi connectivity index (χ4v) is 3.28. The summed E-state index contributed by atoms with van der Waals surface area (Å²) >= 11 is 6.31. The molecule has 3 heterocycles. The van der Waals surface area contributed by atoms with Crippen LogP contribution >= 0.6 is 11.6 Å². The molecule has 7 nitrogen and oxygen atoms in total. The van der Waals surface area contributed by atoms with E-state index in [1.165, 1.54) is 18.7 Å². The third-order valence-corrected chi connectivity index (χ3v) is 4.86. The lowest BCUT2D eigenvalue weighted by atomic mass is 10.0. The number of Topliss-reactive ketones (excluding diaryl/α,β-unsaturated/α-hetero) is 1. The number of aromatic nitrogens is 3. The molecule has 0 N–H and O–H groups in total. The number of carbonyl (C=O) groups excluding carboxylic acids is 1. The summed E-state index contributed by atoms with van der Waals surface area (Å²) in [5.74, 6) is 5.17. The van der Waals surface area contributed by atoms with Gasteiger partial charge >= 0.3 is 0 Å². The Kier molecular flexibility index (Phi) is 6.50. The molecule has 1 saturated heterocycles. The van der Waals surface area contributed by atoms with Crippen molar-refractivity contribution in [2.24, 2.45) is 0 Å². The van der Waals surface area contributed by atoms with Crippen LogP contribution < -0.4 is 0 Å². The highest BCUT2D eigenvalue weighted by molar-refractivity contribution is 6.33. The number of hydrogen-bond acceptors (Lipinski definition) is 7. The lowest BCUT2D eigenvalue weighted by Gasteiger charge is -2.22. The Morgan fingerprint density at radius 1 is 1.23 bits per heavy atom. The van der Waals surface area contributed by atoms with Gasteiger partial charge in [-0.1, -0.05) is 34.8 Å². The first-order valence-electron chi connectivity index (χ1n) is 9.50. The first-order valence-corrected chi connectivity index (χ1v) is 9.88. The zero-order valence-electron chi connectivity index (χ0n) is 16.0. The summed E-state index contributed by atoms with van der Waals surface area (Å²) in [5, 5.41) is 4.51. The van der Waals surface area contributed by atoms with Crippen LogP contribution in [0.1, 0.15) is 40.9 Å². The van der Waals surface area contributed by atoms with E-state index in [-0.39, 0.29) is 24.2 Å². The van der Waals surface area contributed by atoms with Crippen molar-refractivity contribution in [3.63, 3.8) is 0 Å². The summed E-state index contributed by atoms with van der Waals surface area (Å²) in [6.07, 6.45) is 6.97. The average molecular weight is 424 g/mol. The Balaban J connectivity index is 1.65. The zero-order chi connectivity index (χ0) is 20.8. The van der Waals surface area contributed by atoms with Crippen molar-refractivity contribution in [2.45, 2.75) is 32.2 Å². The molecule has 0 saturated carbocycles. The number of carbonyl (C=O) groups is 1. The number of ketones is 1. The van der Waals surface area contributed by atoms with Gasteiger partial charge in [-0.25, -0.2) is 9.97 Å². The van der Waals surface area contributed by atoms with Crippen LogP contribution in [-0.4, -0.2) is 33.8 Å². The monoisotopic (exact) mass is 423 g/mol. The number of rotatable bonds is 5. The van der Waals surface area contributed by atoms with Gasteiger partial charge in [-0.2, -0.15) is 0 Å². The second-order valence-electron chi connectivity index (χ2n) is 6.63. The molecule has 1 aromatic carbocycles. The van der Waals surface area contributed by atoms with Gasteiger partial charge in [0.15, 0.2) is 12.1 Å². The Bertz CT molecular complexity index is 1080. The van der Waals surface area contributed by atoms with E-state index in [0.717, 1.165) is 19.3 Å². The highest BCUT2D eigenvalue weighted by Gasteiger charge is 2.25. The number of ether oxygens (including phenoxy) is 2. The van der Waals surface area contributed by atoms with Gasteiger partial charge < -0.3 is 14.0 Å². The first-order chi connectivity index (χ1) is 14.7. The van der Waals surface area contributed by atoms with Crippen LogP contribution in [0.2, 0.25) is 5.02 Å².